The molecule has 21 heavy (non-hydrogen) atoms. The Morgan fingerprint density at radius 3 is 2.57 bits per heavy atom. The molecule has 0 bridgehead atoms. The molecule has 2 N–H and O–H groups in total. The SMILES string of the molecule is CCNc1nc(NC(C)C2CCOCC2)nc(OCC)n1. The van der Waals surface area contributed by atoms with Crippen molar-refractivity contribution in [2.24, 2.45) is 5.92 Å². The average molecular weight is 295 g/mol. The molecule has 0 spiro atoms. The van der Waals surface area contributed by atoms with Crippen LogP contribution in [0.4, 0.5) is 11.9 Å². The maximum Gasteiger partial charge on any atom is 0.323 e. The molecule has 118 valence electrons. The van der Waals surface area contributed by atoms with Crippen LogP contribution in [0, 0.1) is 5.92 Å². The van der Waals surface area contributed by atoms with Gasteiger partial charge in [-0.3, -0.25) is 0 Å². The van der Waals surface area contributed by atoms with Gasteiger partial charge in [-0.05, 0) is 39.5 Å². The number of nitrogens with zero attached hydrogens (tertiary/aromatic N) is 3. The average Bonchev–Trinajstić information content (AvgIpc) is 2.48. The number of nitrogens with one attached hydrogen (secondary N) is 2. The van der Waals surface area contributed by atoms with Crippen molar-refractivity contribution in [2.45, 2.75) is 39.7 Å². The maximum atomic E-state index is 5.40. The highest BCUT2D eigenvalue weighted by molar-refractivity contribution is 5.36. The normalized spacial score (nSPS) is 17.3. The lowest BCUT2D eigenvalue weighted by Gasteiger charge is -2.28. The molecule has 1 unspecified atom stereocenters. The van der Waals surface area contributed by atoms with E-state index < -0.39 is 0 Å². The van der Waals surface area contributed by atoms with E-state index in [0.717, 1.165) is 32.6 Å². The number of hydrogen-bond donors (Lipinski definition) is 2. The number of anilines is 2. The number of rotatable bonds is 7. The van der Waals surface area contributed by atoms with Crippen LogP contribution >= 0.6 is 0 Å². The minimum absolute atomic E-state index is 0.292. The second-order valence-electron chi connectivity index (χ2n) is 5.11. The third-order valence-corrected chi connectivity index (χ3v) is 3.55. The molecular formula is C14H25N5O2. The smallest absolute Gasteiger partial charge is 0.323 e. The summed E-state index contributed by atoms with van der Waals surface area (Å²) in [5, 5.41) is 6.47. The topological polar surface area (TPSA) is 81.2 Å². The Labute approximate surface area is 125 Å². The van der Waals surface area contributed by atoms with Crippen molar-refractivity contribution < 1.29 is 9.47 Å². The van der Waals surface area contributed by atoms with E-state index in [9.17, 15) is 0 Å². The zero-order chi connectivity index (χ0) is 15.1. The fourth-order valence-corrected chi connectivity index (χ4v) is 2.39. The van der Waals surface area contributed by atoms with Crippen LogP contribution in [0.15, 0.2) is 0 Å². The molecule has 0 aliphatic carbocycles. The zero-order valence-electron chi connectivity index (χ0n) is 13.1. The molecule has 7 heteroatoms. The van der Waals surface area contributed by atoms with E-state index in [0.29, 0.717) is 36.5 Å². The number of ether oxygens (including phenoxy) is 2. The first-order valence-corrected chi connectivity index (χ1v) is 7.70. The lowest BCUT2D eigenvalue weighted by atomic mass is 9.93. The molecule has 2 heterocycles. The third kappa shape index (κ3) is 4.70. The first kappa shape index (κ1) is 15.8. The van der Waals surface area contributed by atoms with Gasteiger partial charge in [-0.2, -0.15) is 15.0 Å². The van der Waals surface area contributed by atoms with Gasteiger partial charge in [-0.25, -0.2) is 0 Å². The molecule has 1 aliphatic rings. The van der Waals surface area contributed by atoms with Crippen LogP contribution in [0.25, 0.3) is 0 Å². The minimum Gasteiger partial charge on any atom is -0.464 e. The van der Waals surface area contributed by atoms with Crippen LogP contribution in [0.3, 0.4) is 0 Å². The standard InChI is InChI=1S/C14H25N5O2/c1-4-15-12-17-13(19-14(18-12)21-5-2)16-10(3)11-6-8-20-9-7-11/h10-11H,4-9H2,1-3H3,(H2,15,16,17,18,19). The molecule has 2 rings (SSSR count). The summed E-state index contributed by atoms with van der Waals surface area (Å²) < 4.78 is 10.8. The summed E-state index contributed by atoms with van der Waals surface area (Å²) in [6.45, 7) is 9.03. The molecule has 0 radical (unpaired) electrons. The summed E-state index contributed by atoms with van der Waals surface area (Å²) >= 11 is 0. The Morgan fingerprint density at radius 1 is 1.19 bits per heavy atom. The van der Waals surface area contributed by atoms with Crippen molar-refractivity contribution in [3.05, 3.63) is 0 Å². The molecule has 0 amide bonds. The lowest BCUT2D eigenvalue weighted by Crippen LogP contribution is -2.31. The van der Waals surface area contributed by atoms with Crippen molar-refractivity contribution in [1.29, 1.82) is 0 Å². The highest BCUT2D eigenvalue weighted by atomic mass is 16.5. The van der Waals surface area contributed by atoms with E-state index in [-0.39, 0.29) is 0 Å². The number of hydrogen-bond acceptors (Lipinski definition) is 7. The third-order valence-electron chi connectivity index (χ3n) is 3.55. The highest BCUT2D eigenvalue weighted by Gasteiger charge is 2.21. The molecule has 1 aromatic heterocycles. The molecule has 0 saturated carbocycles. The largest absolute Gasteiger partial charge is 0.464 e. The van der Waals surface area contributed by atoms with Crippen LogP contribution in [-0.2, 0) is 4.74 Å². The van der Waals surface area contributed by atoms with Crippen LogP contribution in [-0.4, -0.2) is 47.4 Å². The maximum absolute atomic E-state index is 5.40. The molecule has 1 saturated heterocycles. The van der Waals surface area contributed by atoms with Crippen molar-refractivity contribution in [3.63, 3.8) is 0 Å². The van der Waals surface area contributed by atoms with Gasteiger partial charge in [0, 0.05) is 25.8 Å². The molecule has 1 fully saturated rings. The van der Waals surface area contributed by atoms with Gasteiger partial charge in [-0.15, -0.1) is 0 Å². The lowest BCUT2D eigenvalue weighted by molar-refractivity contribution is 0.0621. The van der Waals surface area contributed by atoms with Crippen LogP contribution in [0.2, 0.25) is 0 Å². The molecule has 7 nitrogen and oxygen atoms in total. The summed E-state index contributed by atoms with van der Waals surface area (Å²) in [6, 6.07) is 0.644. The predicted octanol–water partition coefficient (Wildman–Crippen LogP) is 1.93. The summed E-state index contributed by atoms with van der Waals surface area (Å²) in [4.78, 5) is 12.9. The Hall–Kier alpha value is -1.63. The first-order chi connectivity index (χ1) is 10.2. The van der Waals surface area contributed by atoms with Crippen LogP contribution < -0.4 is 15.4 Å². The summed E-state index contributed by atoms with van der Waals surface area (Å²) in [6.07, 6.45) is 2.13. The Bertz CT molecular complexity index is 413. The highest BCUT2D eigenvalue weighted by Crippen LogP contribution is 2.21. The molecule has 1 aromatic rings. The van der Waals surface area contributed by atoms with Crippen LogP contribution in [0.5, 0.6) is 6.01 Å². The quantitative estimate of drug-likeness (QED) is 0.795. The van der Waals surface area contributed by atoms with E-state index in [4.69, 9.17) is 9.47 Å². The van der Waals surface area contributed by atoms with E-state index in [1.807, 2.05) is 13.8 Å². The van der Waals surface area contributed by atoms with Crippen molar-refractivity contribution in [2.75, 3.05) is 37.0 Å². The second kappa shape index (κ2) is 7.97. The fraction of sp³-hybridized carbons (Fsp3) is 0.786. The van der Waals surface area contributed by atoms with Gasteiger partial charge >= 0.3 is 6.01 Å². The Morgan fingerprint density at radius 2 is 1.90 bits per heavy atom. The Kier molecular flexibility index (Phi) is 5.98. The van der Waals surface area contributed by atoms with E-state index >= 15 is 0 Å². The minimum atomic E-state index is 0.292. The van der Waals surface area contributed by atoms with Gasteiger partial charge in [0.05, 0.1) is 6.61 Å². The molecular weight excluding hydrogens is 270 g/mol. The molecule has 1 aliphatic heterocycles. The summed E-state index contributed by atoms with van der Waals surface area (Å²) in [7, 11) is 0. The van der Waals surface area contributed by atoms with E-state index in [1.165, 1.54) is 0 Å². The van der Waals surface area contributed by atoms with E-state index in [1.54, 1.807) is 0 Å². The summed E-state index contributed by atoms with van der Waals surface area (Å²) in [5.41, 5.74) is 0. The molecule has 1 atom stereocenters. The van der Waals surface area contributed by atoms with Gasteiger partial charge in [0.2, 0.25) is 11.9 Å². The van der Waals surface area contributed by atoms with Crippen LogP contribution in [0.1, 0.15) is 33.6 Å². The second-order valence-corrected chi connectivity index (χ2v) is 5.11. The van der Waals surface area contributed by atoms with Crippen molar-refractivity contribution >= 4 is 11.9 Å². The Balaban J connectivity index is 2.05. The van der Waals surface area contributed by atoms with Gasteiger partial charge in [-0.1, -0.05) is 0 Å². The van der Waals surface area contributed by atoms with Gasteiger partial charge in [0.25, 0.3) is 0 Å². The fourth-order valence-electron chi connectivity index (χ4n) is 2.39. The monoisotopic (exact) mass is 295 g/mol. The number of aromatic nitrogens is 3. The van der Waals surface area contributed by atoms with Gasteiger partial charge in [0.1, 0.15) is 0 Å². The predicted molar refractivity (Wildman–Crippen MR) is 81.8 cm³/mol. The van der Waals surface area contributed by atoms with Crippen molar-refractivity contribution in [1.82, 2.24) is 15.0 Å². The van der Waals surface area contributed by atoms with Gasteiger partial charge in [0.15, 0.2) is 0 Å². The van der Waals surface area contributed by atoms with Crippen molar-refractivity contribution in [3.8, 4) is 6.01 Å². The zero-order valence-corrected chi connectivity index (χ0v) is 13.1. The van der Waals surface area contributed by atoms with E-state index in [2.05, 4.69) is 32.5 Å². The first-order valence-electron chi connectivity index (χ1n) is 7.70. The van der Waals surface area contributed by atoms with Gasteiger partial charge < -0.3 is 20.1 Å². The molecule has 0 aromatic carbocycles. The summed E-state index contributed by atoms with van der Waals surface area (Å²) in [5.74, 6) is 1.68.